The molecular formula is C22H22ClF4N5O2. The number of hydrogen-bond acceptors (Lipinski definition) is 5. The van der Waals surface area contributed by atoms with Gasteiger partial charge in [-0.3, -0.25) is 4.57 Å². The molecule has 0 radical (unpaired) electrons. The summed E-state index contributed by atoms with van der Waals surface area (Å²) in [6.07, 6.45) is -4.57. The number of nitrogens with zero attached hydrogens (tertiary/aromatic N) is 4. The molecule has 2 atom stereocenters. The first-order chi connectivity index (χ1) is 16.1. The lowest BCUT2D eigenvalue weighted by atomic mass is 9.99. The van der Waals surface area contributed by atoms with E-state index in [2.05, 4.69) is 10.4 Å². The van der Waals surface area contributed by atoms with E-state index < -0.39 is 36.4 Å². The Morgan fingerprint density at radius 1 is 1.29 bits per heavy atom. The molecule has 0 saturated heterocycles. The predicted molar refractivity (Wildman–Crippen MR) is 120 cm³/mol. The highest BCUT2D eigenvalue weighted by atomic mass is 35.5. The van der Waals surface area contributed by atoms with Crippen molar-refractivity contribution in [3.05, 3.63) is 69.1 Å². The highest BCUT2D eigenvalue weighted by Gasteiger charge is 2.43. The summed E-state index contributed by atoms with van der Waals surface area (Å²) in [5, 5.41) is 16.8. The molecule has 3 aromatic rings. The number of rotatable bonds is 5. The first kappa shape index (κ1) is 24.1. The van der Waals surface area contributed by atoms with Crippen LogP contribution in [0.15, 0.2) is 41.2 Å². The standard InChI is InChI=1S/C22H22ClF4N5O2/c1-3-30-19(11-33)29-32(21(30)34)13-7-8-16-18(9-13)31(12(2)22(25,26)27)10-17(28-16)20-14(23)5-4-6-15(20)24/h4-9,12,17,28,33H,3,10-11H2,1-2H3/t12-,17?/m0/s1. The Balaban J connectivity index is 1.84. The summed E-state index contributed by atoms with van der Waals surface area (Å²) in [5.41, 5.74) is 0.273. The van der Waals surface area contributed by atoms with E-state index in [9.17, 15) is 27.5 Å². The maximum Gasteiger partial charge on any atom is 0.408 e. The molecule has 2 aromatic carbocycles. The summed E-state index contributed by atoms with van der Waals surface area (Å²) >= 11 is 6.18. The van der Waals surface area contributed by atoms with Crippen LogP contribution in [0, 0.1) is 5.82 Å². The number of aromatic nitrogens is 3. The second-order valence-electron chi connectivity index (χ2n) is 7.92. The van der Waals surface area contributed by atoms with Crippen molar-refractivity contribution in [2.24, 2.45) is 0 Å². The molecule has 2 N–H and O–H groups in total. The summed E-state index contributed by atoms with van der Waals surface area (Å²) in [5.74, 6) is -0.490. The smallest absolute Gasteiger partial charge is 0.388 e. The Bertz CT molecular complexity index is 1250. The molecule has 4 rings (SSSR count). The molecule has 1 aliphatic heterocycles. The van der Waals surface area contributed by atoms with Gasteiger partial charge in [-0.25, -0.2) is 9.18 Å². The summed E-state index contributed by atoms with van der Waals surface area (Å²) < 4.78 is 58.2. The van der Waals surface area contributed by atoms with Crippen molar-refractivity contribution in [1.29, 1.82) is 0 Å². The van der Waals surface area contributed by atoms with Crippen molar-refractivity contribution in [3.8, 4) is 5.69 Å². The number of alkyl halides is 3. The van der Waals surface area contributed by atoms with Crippen molar-refractivity contribution < 1.29 is 22.7 Å². The van der Waals surface area contributed by atoms with E-state index in [0.717, 1.165) is 16.5 Å². The molecule has 0 spiro atoms. The fourth-order valence-corrected chi connectivity index (χ4v) is 4.42. The normalized spacial score (nSPS) is 16.8. The largest absolute Gasteiger partial charge is 0.408 e. The van der Waals surface area contributed by atoms with Crippen LogP contribution in [0.4, 0.5) is 28.9 Å². The number of nitrogens with one attached hydrogen (secondary N) is 1. The van der Waals surface area contributed by atoms with Gasteiger partial charge in [0, 0.05) is 23.7 Å². The quantitative estimate of drug-likeness (QED) is 0.513. The number of aliphatic hydroxyl groups excluding tert-OH is 1. The summed E-state index contributed by atoms with van der Waals surface area (Å²) in [6, 6.07) is 5.80. The van der Waals surface area contributed by atoms with Gasteiger partial charge in [-0.2, -0.15) is 17.9 Å². The van der Waals surface area contributed by atoms with E-state index in [-0.39, 0.29) is 40.9 Å². The van der Waals surface area contributed by atoms with Crippen molar-refractivity contribution >= 4 is 23.0 Å². The molecular weight excluding hydrogens is 478 g/mol. The van der Waals surface area contributed by atoms with Crippen LogP contribution in [0.1, 0.15) is 31.3 Å². The molecule has 34 heavy (non-hydrogen) atoms. The summed E-state index contributed by atoms with van der Waals surface area (Å²) in [4.78, 5) is 13.8. The molecule has 1 unspecified atom stereocenters. The zero-order chi connectivity index (χ0) is 24.8. The Kier molecular flexibility index (Phi) is 6.34. The number of benzene rings is 2. The number of fused-ring (bicyclic) bond motifs is 1. The Hall–Kier alpha value is -3.05. The minimum absolute atomic E-state index is 0.0729. The Morgan fingerprint density at radius 3 is 2.62 bits per heavy atom. The van der Waals surface area contributed by atoms with Gasteiger partial charge >= 0.3 is 11.9 Å². The van der Waals surface area contributed by atoms with Crippen molar-refractivity contribution in [2.75, 3.05) is 16.8 Å². The third kappa shape index (κ3) is 4.14. The van der Waals surface area contributed by atoms with Crippen LogP contribution in [-0.4, -0.2) is 38.2 Å². The maximum atomic E-state index is 14.6. The third-order valence-corrected chi connectivity index (χ3v) is 6.26. The lowest BCUT2D eigenvalue weighted by Crippen LogP contribution is -2.49. The van der Waals surface area contributed by atoms with E-state index in [4.69, 9.17) is 11.6 Å². The molecule has 0 aliphatic carbocycles. The van der Waals surface area contributed by atoms with Gasteiger partial charge < -0.3 is 15.3 Å². The van der Waals surface area contributed by atoms with Gasteiger partial charge in [0.05, 0.1) is 23.1 Å². The minimum Gasteiger partial charge on any atom is -0.388 e. The third-order valence-electron chi connectivity index (χ3n) is 5.93. The van der Waals surface area contributed by atoms with Gasteiger partial charge in [0.25, 0.3) is 0 Å². The van der Waals surface area contributed by atoms with Crippen LogP contribution in [0.2, 0.25) is 5.02 Å². The molecule has 2 heterocycles. The first-order valence-electron chi connectivity index (χ1n) is 10.5. The molecule has 0 saturated carbocycles. The maximum absolute atomic E-state index is 14.6. The van der Waals surface area contributed by atoms with Gasteiger partial charge in [0.1, 0.15) is 18.5 Å². The summed E-state index contributed by atoms with van der Waals surface area (Å²) in [6.45, 7) is 2.31. The second kappa shape index (κ2) is 8.95. The number of anilines is 2. The molecule has 0 amide bonds. The van der Waals surface area contributed by atoms with Crippen LogP contribution in [0.25, 0.3) is 5.69 Å². The molecule has 0 fully saturated rings. The average molecular weight is 500 g/mol. The first-order valence-corrected chi connectivity index (χ1v) is 10.9. The van der Waals surface area contributed by atoms with Crippen LogP contribution in [0.5, 0.6) is 0 Å². The van der Waals surface area contributed by atoms with Gasteiger partial charge in [-0.05, 0) is 44.2 Å². The van der Waals surface area contributed by atoms with Crippen molar-refractivity contribution in [1.82, 2.24) is 14.3 Å². The Labute approximate surface area is 197 Å². The second-order valence-corrected chi connectivity index (χ2v) is 8.32. The number of hydrogen-bond donors (Lipinski definition) is 2. The van der Waals surface area contributed by atoms with Gasteiger partial charge in [0.15, 0.2) is 5.82 Å². The lowest BCUT2D eigenvalue weighted by Gasteiger charge is -2.41. The van der Waals surface area contributed by atoms with Crippen LogP contribution in [0.3, 0.4) is 0 Å². The molecule has 1 aromatic heterocycles. The highest BCUT2D eigenvalue weighted by Crippen LogP contribution is 2.42. The fraction of sp³-hybridized carbons (Fsp3) is 0.364. The van der Waals surface area contributed by atoms with Gasteiger partial charge in [0.2, 0.25) is 0 Å². The van der Waals surface area contributed by atoms with Crippen molar-refractivity contribution in [3.63, 3.8) is 0 Å². The van der Waals surface area contributed by atoms with Gasteiger partial charge in [-0.1, -0.05) is 17.7 Å². The summed E-state index contributed by atoms with van der Waals surface area (Å²) in [7, 11) is 0. The van der Waals surface area contributed by atoms with Crippen molar-refractivity contribution in [2.45, 2.75) is 45.3 Å². The molecule has 7 nitrogen and oxygen atoms in total. The monoisotopic (exact) mass is 499 g/mol. The van der Waals surface area contributed by atoms with Crippen LogP contribution >= 0.6 is 11.6 Å². The molecule has 0 bridgehead atoms. The van der Waals surface area contributed by atoms with E-state index in [1.807, 2.05) is 0 Å². The number of halogens is 5. The van der Waals surface area contributed by atoms with E-state index in [0.29, 0.717) is 5.69 Å². The average Bonchev–Trinajstić information content (AvgIpc) is 3.12. The zero-order valence-corrected chi connectivity index (χ0v) is 19.0. The number of aliphatic hydroxyl groups is 1. The molecule has 182 valence electrons. The minimum atomic E-state index is -4.57. The lowest BCUT2D eigenvalue weighted by molar-refractivity contribution is -0.144. The van der Waals surface area contributed by atoms with Crippen LogP contribution in [-0.2, 0) is 13.2 Å². The van der Waals surface area contributed by atoms with Crippen LogP contribution < -0.4 is 15.9 Å². The molecule has 12 heteroatoms. The fourth-order valence-electron chi connectivity index (χ4n) is 4.13. The highest BCUT2D eigenvalue weighted by molar-refractivity contribution is 6.31. The zero-order valence-electron chi connectivity index (χ0n) is 18.3. The van der Waals surface area contributed by atoms with E-state index >= 15 is 0 Å². The topological polar surface area (TPSA) is 75.3 Å². The van der Waals surface area contributed by atoms with E-state index in [1.165, 1.54) is 41.0 Å². The predicted octanol–water partition coefficient (Wildman–Crippen LogP) is 4.26. The molecule has 1 aliphatic rings. The Morgan fingerprint density at radius 2 is 2.03 bits per heavy atom. The SMILES string of the molecule is CCn1c(CO)nn(-c2ccc3c(c2)N([C@@H](C)C(F)(F)F)CC(c2c(F)cccc2Cl)N3)c1=O. The van der Waals surface area contributed by atoms with E-state index in [1.54, 1.807) is 6.92 Å². The van der Waals surface area contributed by atoms with Gasteiger partial charge in [-0.15, -0.1) is 5.10 Å².